The van der Waals surface area contributed by atoms with Crippen LogP contribution in [0.3, 0.4) is 0 Å². The van der Waals surface area contributed by atoms with Crippen LogP contribution in [0.25, 0.3) is 0 Å². The molecule has 80 valence electrons. The number of fused-ring (bicyclic) bond motifs is 3. The number of aryl methyl sites for hydroxylation is 1. The Morgan fingerprint density at radius 2 is 2.13 bits per heavy atom. The van der Waals surface area contributed by atoms with Gasteiger partial charge in [0.1, 0.15) is 0 Å². The van der Waals surface area contributed by atoms with Crippen molar-refractivity contribution in [3.8, 4) is 0 Å². The van der Waals surface area contributed by atoms with Crippen LogP contribution in [0.5, 0.6) is 0 Å². The summed E-state index contributed by atoms with van der Waals surface area (Å²) in [6, 6.07) is 9.57. The molecular formula is C14H19N. The molecule has 1 heterocycles. The van der Waals surface area contributed by atoms with Crippen LogP contribution in [0.4, 0.5) is 0 Å². The molecule has 0 saturated carbocycles. The molecule has 1 nitrogen and oxygen atoms in total. The fourth-order valence-electron chi connectivity index (χ4n) is 3.35. The Labute approximate surface area is 91.9 Å². The summed E-state index contributed by atoms with van der Waals surface area (Å²) in [5.74, 6) is 0. The number of nitrogens with one attached hydrogen (secondary N) is 1. The van der Waals surface area contributed by atoms with E-state index in [2.05, 4.69) is 36.5 Å². The molecule has 1 aromatic carbocycles. The molecular weight excluding hydrogens is 182 g/mol. The molecule has 0 amide bonds. The molecule has 1 heteroatoms. The Morgan fingerprint density at radius 1 is 1.27 bits per heavy atom. The van der Waals surface area contributed by atoms with Gasteiger partial charge in [-0.15, -0.1) is 0 Å². The van der Waals surface area contributed by atoms with Gasteiger partial charge in [0.2, 0.25) is 0 Å². The summed E-state index contributed by atoms with van der Waals surface area (Å²) in [7, 11) is 0. The van der Waals surface area contributed by atoms with Gasteiger partial charge in [-0.25, -0.2) is 0 Å². The van der Waals surface area contributed by atoms with Crippen molar-refractivity contribution in [1.29, 1.82) is 0 Å². The summed E-state index contributed by atoms with van der Waals surface area (Å²) in [4.78, 5) is 0. The van der Waals surface area contributed by atoms with Crippen molar-refractivity contribution >= 4 is 0 Å². The van der Waals surface area contributed by atoms with E-state index >= 15 is 0 Å². The van der Waals surface area contributed by atoms with Crippen molar-refractivity contribution in [1.82, 2.24) is 5.32 Å². The van der Waals surface area contributed by atoms with Crippen molar-refractivity contribution in [3.05, 3.63) is 35.4 Å². The first kappa shape index (κ1) is 9.41. The van der Waals surface area contributed by atoms with E-state index in [1.54, 1.807) is 11.1 Å². The van der Waals surface area contributed by atoms with Crippen LogP contribution in [-0.4, -0.2) is 6.54 Å². The van der Waals surface area contributed by atoms with Crippen LogP contribution in [0, 0.1) is 5.41 Å². The molecule has 1 fully saturated rings. The molecule has 0 spiro atoms. The monoisotopic (exact) mass is 201 g/mol. The summed E-state index contributed by atoms with van der Waals surface area (Å²) in [5.41, 5.74) is 3.63. The van der Waals surface area contributed by atoms with Crippen LogP contribution in [0.15, 0.2) is 24.3 Å². The number of piperidine rings is 1. The van der Waals surface area contributed by atoms with Gasteiger partial charge in [0.05, 0.1) is 0 Å². The lowest BCUT2D eigenvalue weighted by molar-refractivity contribution is 0.132. The molecule has 2 atom stereocenters. The molecule has 1 aliphatic heterocycles. The lowest BCUT2D eigenvalue weighted by Gasteiger charge is -2.46. The van der Waals surface area contributed by atoms with E-state index < -0.39 is 0 Å². The highest BCUT2D eigenvalue weighted by Crippen LogP contribution is 2.48. The van der Waals surface area contributed by atoms with Gasteiger partial charge in [-0.05, 0) is 48.8 Å². The van der Waals surface area contributed by atoms with E-state index in [4.69, 9.17) is 0 Å². The maximum atomic E-state index is 3.72. The van der Waals surface area contributed by atoms with Gasteiger partial charge in [-0.2, -0.15) is 0 Å². The topological polar surface area (TPSA) is 12.0 Å². The zero-order valence-corrected chi connectivity index (χ0v) is 9.42. The SMILES string of the molecule is CC12CCCNC1c1ccccc1CC2. The van der Waals surface area contributed by atoms with Gasteiger partial charge in [0.15, 0.2) is 0 Å². The van der Waals surface area contributed by atoms with Crippen LogP contribution >= 0.6 is 0 Å². The molecule has 0 bridgehead atoms. The van der Waals surface area contributed by atoms with E-state index in [1.165, 1.54) is 32.2 Å². The second-order valence-corrected chi connectivity index (χ2v) is 5.34. The Kier molecular flexibility index (Phi) is 2.10. The highest BCUT2D eigenvalue weighted by atomic mass is 15.0. The number of hydrogen-bond donors (Lipinski definition) is 1. The third-order valence-corrected chi connectivity index (χ3v) is 4.30. The van der Waals surface area contributed by atoms with E-state index in [-0.39, 0.29) is 0 Å². The van der Waals surface area contributed by atoms with E-state index in [1.807, 2.05) is 0 Å². The molecule has 1 aromatic rings. The van der Waals surface area contributed by atoms with Crippen molar-refractivity contribution < 1.29 is 0 Å². The second kappa shape index (κ2) is 3.34. The van der Waals surface area contributed by atoms with E-state index in [0.29, 0.717) is 11.5 Å². The van der Waals surface area contributed by atoms with Crippen LogP contribution in [-0.2, 0) is 6.42 Å². The quantitative estimate of drug-likeness (QED) is 0.680. The minimum absolute atomic E-state index is 0.507. The largest absolute Gasteiger partial charge is 0.309 e. The summed E-state index contributed by atoms with van der Waals surface area (Å²) in [5, 5.41) is 3.72. The van der Waals surface area contributed by atoms with Gasteiger partial charge in [0.25, 0.3) is 0 Å². The fraction of sp³-hybridized carbons (Fsp3) is 0.571. The average Bonchev–Trinajstić information content (AvgIpc) is 2.28. The first-order valence-electron chi connectivity index (χ1n) is 6.11. The summed E-state index contributed by atoms with van der Waals surface area (Å²) < 4.78 is 0. The molecule has 1 N–H and O–H groups in total. The molecule has 1 saturated heterocycles. The minimum atomic E-state index is 0.507. The maximum Gasteiger partial charge on any atom is 0.0377 e. The van der Waals surface area contributed by atoms with Crippen molar-refractivity contribution in [2.45, 2.75) is 38.6 Å². The lowest BCUT2D eigenvalue weighted by atomic mass is 9.65. The second-order valence-electron chi connectivity index (χ2n) is 5.34. The van der Waals surface area contributed by atoms with Crippen molar-refractivity contribution in [3.63, 3.8) is 0 Å². The molecule has 2 unspecified atom stereocenters. The zero-order chi connectivity index (χ0) is 10.3. The number of hydrogen-bond acceptors (Lipinski definition) is 1. The Morgan fingerprint density at radius 3 is 3.07 bits per heavy atom. The minimum Gasteiger partial charge on any atom is -0.309 e. The first-order chi connectivity index (χ1) is 7.30. The van der Waals surface area contributed by atoms with Gasteiger partial charge < -0.3 is 5.32 Å². The highest BCUT2D eigenvalue weighted by Gasteiger charge is 2.40. The summed E-state index contributed by atoms with van der Waals surface area (Å²) in [6.45, 7) is 3.65. The predicted octanol–water partition coefficient (Wildman–Crippen LogP) is 3.06. The van der Waals surface area contributed by atoms with E-state index in [0.717, 1.165) is 0 Å². The molecule has 15 heavy (non-hydrogen) atoms. The van der Waals surface area contributed by atoms with Gasteiger partial charge in [-0.3, -0.25) is 0 Å². The third kappa shape index (κ3) is 1.41. The maximum absolute atomic E-state index is 3.72. The average molecular weight is 201 g/mol. The zero-order valence-electron chi connectivity index (χ0n) is 9.42. The third-order valence-electron chi connectivity index (χ3n) is 4.30. The predicted molar refractivity (Wildman–Crippen MR) is 62.8 cm³/mol. The molecule has 0 aromatic heterocycles. The lowest BCUT2D eigenvalue weighted by Crippen LogP contribution is -2.44. The first-order valence-corrected chi connectivity index (χ1v) is 6.11. The summed E-state index contributed by atoms with van der Waals surface area (Å²) in [6.07, 6.45) is 5.35. The van der Waals surface area contributed by atoms with Crippen molar-refractivity contribution in [2.24, 2.45) is 5.41 Å². The van der Waals surface area contributed by atoms with E-state index in [9.17, 15) is 0 Å². The molecule has 3 rings (SSSR count). The number of rotatable bonds is 0. The normalized spacial score (nSPS) is 34.3. The molecule has 2 aliphatic rings. The van der Waals surface area contributed by atoms with Crippen LogP contribution < -0.4 is 5.32 Å². The standard InChI is InChI=1S/C14H19N/c1-14-8-4-10-15-13(14)12-6-3-2-5-11(12)7-9-14/h2-3,5-6,13,15H,4,7-10H2,1H3. The van der Waals surface area contributed by atoms with Gasteiger partial charge in [0, 0.05) is 6.04 Å². The highest BCUT2D eigenvalue weighted by molar-refractivity contribution is 5.34. The smallest absolute Gasteiger partial charge is 0.0377 e. The summed E-state index contributed by atoms with van der Waals surface area (Å²) >= 11 is 0. The Bertz CT molecular complexity index is 371. The Balaban J connectivity index is 2.05. The van der Waals surface area contributed by atoms with Gasteiger partial charge >= 0.3 is 0 Å². The van der Waals surface area contributed by atoms with Crippen LogP contribution in [0.1, 0.15) is 43.4 Å². The number of benzene rings is 1. The van der Waals surface area contributed by atoms with Crippen LogP contribution in [0.2, 0.25) is 0 Å². The fourth-order valence-corrected chi connectivity index (χ4v) is 3.35. The van der Waals surface area contributed by atoms with Crippen molar-refractivity contribution in [2.75, 3.05) is 6.54 Å². The van der Waals surface area contributed by atoms with Gasteiger partial charge in [-0.1, -0.05) is 31.2 Å². The molecule has 0 radical (unpaired) electrons. The Hall–Kier alpha value is -0.820. The molecule has 1 aliphatic carbocycles.